The third-order valence-electron chi connectivity index (χ3n) is 3.19. The molecule has 1 aromatic carbocycles. The number of ether oxygens (including phenoxy) is 2. The number of hydrogen-bond donors (Lipinski definition) is 2. The van der Waals surface area contributed by atoms with Gasteiger partial charge in [0.1, 0.15) is 11.5 Å². The smallest absolute Gasteiger partial charge is 0.239 e. The first-order valence-corrected chi connectivity index (χ1v) is 7.81. The molecule has 128 valence electrons. The quantitative estimate of drug-likeness (QED) is 0.815. The van der Waals surface area contributed by atoms with E-state index in [-0.39, 0.29) is 5.91 Å². The number of carbonyl (C=O) groups excluding carboxylic acids is 1. The van der Waals surface area contributed by atoms with E-state index in [0.717, 1.165) is 11.3 Å². The summed E-state index contributed by atoms with van der Waals surface area (Å²) in [6.45, 7) is 6.24. The lowest BCUT2D eigenvalue weighted by Crippen LogP contribution is -2.48. The summed E-state index contributed by atoms with van der Waals surface area (Å²) in [5, 5.41) is 2.79. The molecule has 0 spiro atoms. The second-order valence-corrected chi connectivity index (χ2v) is 5.91. The van der Waals surface area contributed by atoms with Crippen molar-refractivity contribution in [3.63, 3.8) is 0 Å². The number of amides is 1. The minimum absolute atomic E-state index is 0.215. The summed E-state index contributed by atoms with van der Waals surface area (Å²) >= 11 is 0. The third kappa shape index (κ3) is 5.24. The molecule has 0 fully saturated rings. The van der Waals surface area contributed by atoms with Gasteiger partial charge in [0, 0.05) is 18.8 Å². The molecular weight excluding hydrogens is 306 g/mol. The largest absolute Gasteiger partial charge is 0.494 e. The van der Waals surface area contributed by atoms with Gasteiger partial charge in [-0.1, -0.05) is 0 Å². The van der Waals surface area contributed by atoms with Crippen LogP contribution < -0.4 is 20.5 Å². The van der Waals surface area contributed by atoms with E-state index in [0.29, 0.717) is 24.8 Å². The Balaban J connectivity index is 1.98. The van der Waals surface area contributed by atoms with E-state index in [2.05, 4.69) is 10.3 Å². The van der Waals surface area contributed by atoms with Crippen molar-refractivity contribution >= 4 is 5.91 Å². The van der Waals surface area contributed by atoms with Gasteiger partial charge in [-0.25, -0.2) is 4.98 Å². The van der Waals surface area contributed by atoms with Crippen LogP contribution in [-0.2, 0) is 11.3 Å². The van der Waals surface area contributed by atoms with Gasteiger partial charge in [-0.3, -0.25) is 4.79 Å². The van der Waals surface area contributed by atoms with Gasteiger partial charge >= 0.3 is 0 Å². The zero-order chi connectivity index (χ0) is 17.6. The number of nitrogens with two attached hydrogens (primary N) is 1. The van der Waals surface area contributed by atoms with Gasteiger partial charge in [0.05, 0.1) is 12.1 Å². The van der Waals surface area contributed by atoms with Crippen LogP contribution in [0.25, 0.3) is 0 Å². The van der Waals surface area contributed by atoms with Crippen molar-refractivity contribution in [2.24, 2.45) is 5.73 Å². The molecule has 2 rings (SSSR count). The molecule has 6 nitrogen and oxygen atoms in total. The maximum atomic E-state index is 11.8. The zero-order valence-electron chi connectivity index (χ0n) is 14.2. The Morgan fingerprint density at radius 2 is 1.88 bits per heavy atom. The zero-order valence-corrected chi connectivity index (χ0v) is 14.2. The summed E-state index contributed by atoms with van der Waals surface area (Å²) in [6, 6.07) is 10.9. The molecule has 24 heavy (non-hydrogen) atoms. The predicted molar refractivity (Wildman–Crippen MR) is 92.0 cm³/mol. The Morgan fingerprint density at radius 1 is 1.21 bits per heavy atom. The standard InChI is InChI=1S/C18H23N3O3/c1-4-23-14-5-7-15(8-6-14)24-16-11-13(9-10-20-16)12-21-17(22)18(2,3)19/h5-11H,4,12,19H2,1-3H3,(H,21,22). The Labute approximate surface area is 142 Å². The molecule has 2 aromatic rings. The monoisotopic (exact) mass is 329 g/mol. The van der Waals surface area contributed by atoms with Gasteiger partial charge in [0.15, 0.2) is 0 Å². The molecule has 0 saturated heterocycles. The van der Waals surface area contributed by atoms with Crippen LogP contribution in [0.1, 0.15) is 26.3 Å². The summed E-state index contributed by atoms with van der Waals surface area (Å²) in [7, 11) is 0. The minimum Gasteiger partial charge on any atom is -0.494 e. The normalized spacial score (nSPS) is 11.0. The Hall–Kier alpha value is -2.60. The van der Waals surface area contributed by atoms with Crippen molar-refractivity contribution in [1.29, 1.82) is 0 Å². The number of nitrogens with zero attached hydrogens (tertiary/aromatic N) is 1. The summed E-state index contributed by atoms with van der Waals surface area (Å²) in [5.74, 6) is 1.69. The van der Waals surface area contributed by atoms with Gasteiger partial charge in [-0.2, -0.15) is 0 Å². The highest BCUT2D eigenvalue weighted by Gasteiger charge is 2.21. The minimum atomic E-state index is -0.908. The Bertz CT molecular complexity index is 679. The van der Waals surface area contributed by atoms with Crippen LogP contribution in [0, 0.1) is 0 Å². The first kappa shape index (κ1) is 17.7. The van der Waals surface area contributed by atoms with Gasteiger partial charge in [-0.15, -0.1) is 0 Å². The lowest BCUT2D eigenvalue weighted by Gasteiger charge is -2.17. The van der Waals surface area contributed by atoms with Crippen LogP contribution in [-0.4, -0.2) is 23.0 Å². The highest BCUT2D eigenvalue weighted by atomic mass is 16.5. The summed E-state index contributed by atoms with van der Waals surface area (Å²) in [6.07, 6.45) is 1.64. The van der Waals surface area contributed by atoms with E-state index >= 15 is 0 Å². The molecule has 1 heterocycles. The first-order valence-electron chi connectivity index (χ1n) is 7.81. The molecule has 0 aliphatic carbocycles. The number of pyridine rings is 1. The first-order chi connectivity index (χ1) is 11.4. The lowest BCUT2D eigenvalue weighted by atomic mass is 10.1. The van der Waals surface area contributed by atoms with Gasteiger partial charge in [0.25, 0.3) is 0 Å². The average molecular weight is 329 g/mol. The van der Waals surface area contributed by atoms with E-state index in [1.54, 1.807) is 26.1 Å². The molecule has 1 amide bonds. The molecule has 0 aliphatic heterocycles. The molecule has 3 N–H and O–H groups in total. The fourth-order valence-corrected chi connectivity index (χ4v) is 1.92. The third-order valence-corrected chi connectivity index (χ3v) is 3.19. The van der Waals surface area contributed by atoms with Gasteiger partial charge in [0.2, 0.25) is 11.8 Å². The van der Waals surface area contributed by atoms with Crippen molar-refractivity contribution in [2.45, 2.75) is 32.9 Å². The van der Waals surface area contributed by atoms with Crippen LogP contribution in [0.3, 0.4) is 0 Å². The highest BCUT2D eigenvalue weighted by Crippen LogP contribution is 2.23. The number of benzene rings is 1. The second kappa shape index (κ2) is 7.79. The predicted octanol–water partition coefficient (Wildman–Crippen LogP) is 2.63. The molecular formula is C18H23N3O3. The summed E-state index contributed by atoms with van der Waals surface area (Å²) in [5.41, 5.74) is 5.72. The fraction of sp³-hybridized carbons (Fsp3) is 0.333. The van der Waals surface area contributed by atoms with Crippen LogP contribution in [0.5, 0.6) is 17.4 Å². The van der Waals surface area contributed by atoms with Crippen LogP contribution in [0.2, 0.25) is 0 Å². The van der Waals surface area contributed by atoms with Crippen molar-refractivity contribution < 1.29 is 14.3 Å². The summed E-state index contributed by atoms with van der Waals surface area (Å²) < 4.78 is 11.1. The van der Waals surface area contributed by atoms with E-state index in [1.807, 2.05) is 37.3 Å². The fourth-order valence-electron chi connectivity index (χ4n) is 1.92. The number of hydrogen-bond acceptors (Lipinski definition) is 5. The maximum Gasteiger partial charge on any atom is 0.239 e. The molecule has 0 atom stereocenters. The SMILES string of the molecule is CCOc1ccc(Oc2cc(CNC(=O)C(C)(C)N)ccn2)cc1. The number of aromatic nitrogens is 1. The second-order valence-electron chi connectivity index (χ2n) is 5.91. The molecule has 0 unspecified atom stereocenters. The van der Waals surface area contributed by atoms with Crippen LogP contribution in [0.4, 0.5) is 0 Å². The molecule has 0 radical (unpaired) electrons. The van der Waals surface area contributed by atoms with E-state index < -0.39 is 5.54 Å². The molecule has 6 heteroatoms. The lowest BCUT2D eigenvalue weighted by molar-refractivity contribution is -0.125. The van der Waals surface area contributed by atoms with E-state index in [9.17, 15) is 4.79 Å². The van der Waals surface area contributed by atoms with Gasteiger partial charge in [-0.05, 0) is 56.7 Å². The summed E-state index contributed by atoms with van der Waals surface area (Å²) in [4.78, 5) is 16.0. The Kier molecular flexibility index (Phi) is 5.76. The van der Waals surface area contributed by atoms with Crippen molar-refractivity contribution in [3.8, 4) is 17.4 Å². The average Bonchev–Trinajstić information content (AvgIpc) is 2.54. The number of carbonyl (C=O) groups is 1. The highest BCUT2D eigenvalue weighted by molar-refractivity contribution is 5.84. The van der Waals surface area contributed by atoms with Gasteiger partial charge < -0.3 is 20.5 Å². The number of rotatable bonds is 7. The molecule has 0 saturated carbocycles. The van der Waals surface area contributed by atoms with Crippen molar-refractivity contribution in [3.05, 3.63) is 48.2 Å². The maximum absolute atomic E-state index is 11.8. The topological polar surface area (TPSA) is 86.5 Å². The Morgan fingerprint density at radius 3 is 2.50 bits per heavy atom. The molecule has 1 aromatic heterocycles. The van der Waals surface area contributed by atoms with Crippen LogP contribution in [0.15, 0.2) is 42.6 Å². The molecule has 0 aliphatic rings. The van der Waals surface area contributed by atoms with E-state index in [1.165, 1.54) is 0 Å². The molecule has 0 bridgehead atoms. The number of nitrogens with one attached hydrogen (secondary N) is 1. The van der Waals surface area contributed by atoms with Crippen molar-refractivity contribution in [2.75, 3.05) is 6.61 Å². The van der Waals surface area contributed by atoms with Crippen molar-refractivity contribution in [1.82, 2.24) is 10.3 Å². The van der Waals surface area contributed by atoms with E-state index in [4.69, 9.17) is 15.2 Å². The van der Waals surface area contributed by atoms with Crippen LogP contribution >= 0.6 is 0 Å².